The summed E-state index contributed by atoms with van der Waals surface area (Å²) < 4.78 is 7.34. The van der Waals surface area contributed by atoms with Gasteiger partial charge in [-0.15, -0.1) is 0 Å². The van der Waals surface area contributed by atoms with E-state index >= 15 is 0 Å². The van der Waals surface area contributed by atoms with Gasteiger partial charge in [-0.1, -0.05) is 30.3 Å². The number of carbonyl (C=O) groups excluding carboxylic acids is 1. The van der Waals surface area contributed by atoms with Crippen molar-refractivity contribution < 1.29 is 19.4 Å². The third kappa shape index (κ3) is 3.30. The van der Waals surface area contributed by atoms with Gasteiger partial charge in [0.05, 0.1) is 5.52 Å². The highest BCUT2D eigenvalue weighted by molar-refractivity contribution is 6.07. The maximum Gasteiger partial charge on any atom is 0.323 e. The van der Waals surface area contributed by atoms with Crippen molar-refractivity contribution in [3.05, 3.63) is 65.9 Å². The molecule has 0 fully saturated rings. The van der Waals surface area contributed by atoms with Crippen LogP contribution in [0.4, 0.5) is 0 Å². The molecule has 3 rings (SSSR count). The van der Waals surface area contributed by atoms with Crippen LogP contribution in [0.1, 0.15) is 22.8 Å². The summed E-state index contributed by atoms with van der Waals surface area (Å²) in [6.07, 6.45) is 1.59. The number of hydrogen-bond donors (Lipinski definition) is 1. The first-order valence-corrected chi connectivity index (χ1v) is 7.57. The van der Waals surface area contributed by atoms with Crippen molar-refractivity contribution in [3.63, 3.8) is 0 Å². The van der Waals surface area contributed by atoms with Crippen LogP contribution >= 0.6 is 0 Å². The van der Waals surface area contributed by atoms with E-state index in [9.17, 15) is 9.59 Å². The van der Waals surface area contributed by atoms with Crippen molar-refractivity contribution in [1.82, 2.24) is 4.57 Å². The van der Waals surface area contributed by atoms with Crippen LogP contribution in [0.5, 0.6) is 5.75 Å². The number of carbonyl (C=O) groups is 2. The van der Waals surface area contributed by atoms with Crippen molar-refractivity contribution in [3.8, 4) is 5.75 Å². The number of aliphatic carboxylic acids is 1. The van der Waals surface area contributed by atoms with E-state index in [1.165, 1.54) is 6.92 Å². The van der Waals surface area contributed by atoms with Gasteiger partial charge in [0.25, 0.3) is 0 Å². The molecular weight excluding hydrogens is 306 g/mol. The van der Waals surface area contributed by atoms with Crippen molar-refractivity contribution >= 4 is 22.7 Å². The van der Waals surface area contributed by atoms with Crippen LogP contribution in [0, 0.1) is 0 Å². The van der Waals surface area contributed by atoms with Crippen LogP contribution in [-0.4, -0.2) is 21.4 Å². The fourth-order valence-corrected chi connectivity index (χ4v) is 2.66. The van der Waals surface area contributed by atoms with Gasteiger partial charge in [0.2, 0.25) is 0 Å². The molecule has 0 aliphatic rings. The van der Waals surface area contributed by atoms with Crippen LogP contribution < -0.4 is 4.74 Å². The molecule has 1 aromatic heterocycles. The molecule has 3 aromatic rings. The fraction of sp³-hybridized carbons (Fsp3) is 0.158. The van der Waals surface area contributed by atoms with Gasteiger partial charge in [0.1, 0.15) is 18.9 Å². The lowest BCUT2D eigenvalue weighted by Crippen LogP contribution is -2.07. The molecule has 0 saturated carbocycles. The average Bonchev–Trinajstić information content (AvgIpc) is 2.91. The molecule has 1 heterocycles. The Morgan fingerprint density at radius 2 is 1.88 bits per heavy atom. The SMILES string of the molecule is CC(=O)c1cn(CC(=O)O)c2cc(OCc3ccccc3)ccc12. The molecule has 0 bridgehead atoms. The quantitative estimate of drug-likeness (QED) is 0.705. The van der Waals surface area contributed by atoms with Crippen LogP contribution in [0.25, 0.3) is 10.9 Å². The number of aromatic nitrogens is 1. The summed E-state index contributed by atoms with van der Waals surface area (Å²) in [6.45, 7) is 1.69. The third-order valence-corrected chi connectivity index (χ3v) is 3.79. The highest BCUT2D eigenvalue weighted by Crippen LogP contribution is 2.27. The lowest BCUT2D eigenvalue weighted by molar-refractivity contribution is -0.137. The number of hydrogen-bond acceptors (Lipinski definition) is 3. The van der Waals surface area contributed by atoms with E-state index < -0.39 is 5.97 Å². The minimum atomic E-state index is -0.961. The molecule has 0 unspecified atom stereocenters. The molecule has 0 amide bonds. The fourth-order valence-electron chi connectivity index (χ4n) is 2.66. The number of rotatable bonds is 6. The van der Waals surface area contributed by atoms with Crippen molar-refractivity contribution in [1.29, 1.82) is 0 Å². The van der Waals surface area contributed by atoms with Gasteiger partial charge in [0.15, 0.2) is 5.78 Å². The number of fused-ring (bicyclic) bond motifs is 1. The topological polar surface area (TPSA) is 68.5 Å². The Balaban J connectivity index is 1.93. The van der Waals surface area contributed by atoms with Crippen molar-refractivity contribution in [2.75, 3.05) is 0 Å². The zero-order valence-electron chi connectivity index (χ0n) is 13.2. The van der Waals surface area contributed by atoms with E-state index in [-0.39, 0.29) is 12.3 Å². The number of benzene rings is 2. The zero-order valence-corrected chi connectivity index (χ0v) is 13.2. The van der Waals surface area contributed by atoms with E-state index in [0.717, 1.165) is 10.9 Å². The lowest BCUT2D eigenvalue weighted by Gasteiger charge is -2.08. The summed E-state index contributed by atoms with van der Waals surface area (Å²) in [5.41, 5.74) is 2.23. The molecule has 2 aromatic carbocycles. The van der Waals surface area contributed by atoms with Crippen molar-refractivity contribution in [2.45, 2.75) is 20.1 Å². The van der Waals surface area contributed by atoms with Crippen LogP contribution in [-0.2, 0) is 17.9 Å². The average molecular weight is 323 g/mol. The summed E-state index contributed by atoms with van der Waals surface area (Å²) >= 11 is 0. The van der Waals surface area contributed by atoms with Crippen LogP contribution in [0.2, 0.25) is 0 Å². The van der Waals surface area contributed by atoms with E-state index in [0.29, 0.717) is 23.4 Å². The van der Waals surface area contributed by atoms with E-state index in [4.69, 9.17) is 9.84 Å². The molecule has 0 spiro atoms. The molecule has 0 atom stereocenters. The lowest BCUT2D eigenvalue weighted by atomic mass is 10.1. The predicted molar refractivity (Wildman–Crippen MR) is 90.4 cm³/mol. The van der Waals surface area contributed by atoms with E-state index in [1.54, 1.807) is 29.0 Å². The first-order chi connectivity index (χ1) is 11.5. The smallest absolute Gasteiger partial charge is 0.323 e. The maximum absolute atomic E-state index is 11.8. The Morgan fingerprint density at radius 3 is 2.54 bits per heavy atom. The third-order valence-electron chi connectivity index (χ3n) is 3.79. The van der Waals surface area contributed by atoms with Gasteiger partial charge in [0, 0.05) is 23.2 Å². The van der Waals surface area contributed by atoms with Gasteiger partial charge in [-0.2, -0.15) is 0 Å². The van der Waals surface area contributed by atoms with E-state index in [2.05, 4.69) is 0 Å². The minimum Gasteiger partial charge on any atom is -0.489 e. The summed E-state index contributed by atoms with van der Waals surface area (Å²) in [5, 5.41) is 9.79. The molecule has 0 saturated heterocycles. The van der Waals surface area contributed by atoms with Crippen molar-refractivity contribution in [2.24, 2.45) is 0 Å². The van der Waals surface area contributed by atoms with Gasteiger partial charge >= 0.3 is 5.97 Å². The summed E-state index contributed by atoms with van der Waals surface area (Å²) in [4.78, 5) is 22.8. The Hall–Kier alpha value is -3.08. The molecule has 0 radical (unpaired) electrons. The standard InChI is InChI=1S/C19H17NO4/c1-13(21)17-10-20(11-19(22)23)18-9-15(7-8-16(17)18)24-12-14-5-3-2-4-6-14/h2-10H,11-12H2,1H3,(H,22,23). The minimum absolute atomic E-state index is 0.0953. The molecule has 24 heavy (non-hydrogen) atoms. The molecule has 0 aliphatic carbocycles. The second-order valence-electron chi connectivity index (χ2n) is 5.57. The zero-order chi connectivity index (χ0) is 17.1. The second-order valence-corrected chi connectivity index (χ2v) is 5.57. The first kappa shape index (κ1) is 15.8. The summed E-state index contributed by atoms with van der Waals surface area (Å²) in [5.74, 6) is -0.425. The van der Waals surface area contributed by atoms with Gasteiger partial charge in [-0.05, 0) is 24.6 Å². The molecule has 1 N–H and O–H groups in total. The van der Waals surface area contributed by atoms with Gasteiger partial charge < -0.3 is 14.4 Å². The van der Waals surface area contributed by atoms with Crippen LogP contribution in [0.15, 0.2) is 54.7 Å². The normalized spacial score (nSPS) is 10.7. The molecule has 5 nitrogen and oxygen atoms in total. The molecule has 122 valence electrons. The number of carboxylic acids is 1. The predicted octanol–water partition coefficient (Wildman–Crippen LogP) is 3.51. The Morgan fingerprint density at radius 1 is 1.12 bits per heavy atom. The highest BCUT2D eigenvalue weighted by Gasteiger charge is 2.14. The molecular formula is C19H17NO4. The Labute approximate surface area is 139 Å². The van der Waals surface area contributed by atoms with Gasteiger partial charge in [-0.3, -0.25) is 9.59 Å². The number of Topliss-reactive ketones (excluding diaryl/α,β-unsaturated/α-hetero) is 1. The Bertz CT molecular complexity index is 896. The number of ether oxygens (including phenoxy) is 1. The first-order valence-electron chi connectivity index (χ1n) is 7.57. The molecule has 0 aliphatic heterocycles. The highest BCUT2D eigenvalue weighted by atomic mass is 16.5. The summed E-state index contributed by atoms with van der Waals surface area (Å²) in [7, 11) is 0. The number of nitrogens with zero attached hydrogens (tertiary/aromatic N) is 1. The van der Waals surface area contributed by atoms with Gasteiger partial charge in [-0.25, -0.2) is 0 Å². The second kappa shape index (κ2) is 6.58. The monoisotopic (exact) mass is 323 g/mol. The maximum atomic E-state index is 11.8. The summed E-state index contributed by atoms with van der Waals surface area (Å²) in [6, 6.07) is 15.1. The Kier molecular flexibility index (Phi) is 4.33. The number of ketones is 1. The largest absolute Gasteiger partial charge is 0.489 e. The van der Waals surface area contributed by atoms with Crippen LogP contribution in [0.3, 0.4) is 0 Å². The molecule has 5 heteroatoms. The number of carboxylic acid groups (broad SMARTS) is 1. The van der Waals surface area contributed by atoms with E-state index in [1.807, 2.05) is 30.3 Å².